The number of rotatable bonds is 3. The van der Waals surface area contributed by atoms with E-state index in [1.54, 1.807) is 32.4 Å². The molecule has 114 valence electrons. The van der Waals surface area contributed by atoms with E-state index in [4.69, 9.17) is 9.47 Å². The van der Waals surface area contributed by atoms with Crippen LogP contribution in [0, 0.1) is 0 Å². The largest absolute Gasteiger partial charge is 0.497 e. The number of para-hydroxylation sites is 1. The highest BCUT2D eigenvalue weighted by Crippen LogP contribution is 2.34. The minimum atomic E-state index is -0.0327. The molecule has 4 nitrogen and oxygen atoms in total. The van der Waals surface area contributed by atoms with Crippen LogP contribution in [0.5, 0.6) is 11.5 Å². The van der Waals surface area contributed by atoms with Gasteiger partial charge in [-0.15, -0.1) is 0 Å². The van der Waals surface area contributed by atoms with Crippen LogP contribution in [0.3, 0.4) is 0 Å². The SMILES string of the molecule is COc1cc(OC)cc(C(=O)N2c3ccccc3C[C@H]2C)c1. The fraction of sp³-hybridized carbons (Fsp3) is 0.278. The zero-order valence-corrected chi connectivity index (χ0v) is 13.0. The molecule has 1 aliphatic rings. The van der Waals surface area contributed by atoms with Gasteiger partial charge in [-0.05, 0) is 37.1 Å². The van der Waals surface area contributed by atoms with E-state index >= 15 is 0 Å². The van der Waals surface area contributed by atoms with Crippen molar-refractivity contribution < 1.29 is 14.3 Å². The van der Waals surface area contributed by atoms with E-state index in [0.717, 1.165) is 12.1 Å². The van der Waals surface area contributed by atoms with Gasteiger partial charge in [0.15, 0.2) is 0 Å². The van der Waals surface area contributed by atoms with Gasteiger partial charge in [-0.2, -0.15) is 0 Å². The Kier molecular flexibility index (Phi) is 3.75. The second kappa shape index (κ2) is 5.72. The molecule has 0 unspecified atom stereocenters. The molecule has 0 saturated heterocycles. The van der Waals surface area contributed by atoms with Crippen molar-refractivity contribution in [1.82, 2.24) is 0 Å². The molecular formula is C18H19NO3. The fourth-order valence-electron chi connectivity index (χ4n) is 2.95. The lowest BCUT2D eigenvalue weighted by molar-refractivity contribution is 0.0981. The highest BCUT2D eigenvalue weighted by molar-refractivity contribution is 6.08. The third-order valence-electron chi connectivity index (χ3n) is 4.02. The minimum absolute atomic E-state index is 0.0327. The third kappa shape index (κ3) is 2.41. The van der Waals surface area contributed by atoms with Crippen molar-refractivity contribution in [1.29, 1.82) is 0 Å². The number of methoxy groups -OCH3 is 2. The molecule has 0 bridgehead atoms. The van der Waals surface area contributed by atoms with E-state index < -0.39 is 0 Å². The summed E-state index contributed by atoms with van der Waals surface area (Å²) in [5, 5.41) is 0. The van der Waals surface area contributed by atoms with Gasteiger partial charge in [0.05, 0.1) is 14.2 Å². The summed E-state index contributed by atoms with van der Waals surface area (Å²) in [6, 6.07) is 13.4. The molecule has 0 saturated carbocycles. The van der Waals surface area contributed by atoms with Crippen LogP contribution in [-0.4, -0.2) is 26.2 Å². The third-order valence-corrected chi connectivity index (χ3v) is 4.02. The van der Waals surface area contributed by atoms with Gasteiger partial charge in [-0.25, -0.2) is 0 Å². The fourth-order valence-corrected chi connectivity index (χ4v) is 2.95. The van der Waals surface area contributed by atoms with Gasteiger partial charge in [-0.1, -0.05) is 18.2 Å². The molecule has 0 radical (unpaired) electrons. The van der Waals surface area contributed by atoms with Crippen LogP contribution in [0.15, 0.2) is 42.5 Å². The number of nitrogens with zero attached hydrogens (tertiary/aromatic N) is 1. The molecular weight excluding hydrogens is 278 g/mol. The van der Waals surface area contributed by atoms with E-state index in [0.29, 0.717) is 17.1 Å². The molecule has 1 heterocycles. The van der Waals surface area contributed by atoms with Gasteiger partial charge in [0.2, 0.25) is 0 Å². The van der Waals surface area contributed by atoms with Crippen LogP contribution in [0.25, 0.3) is 0 Å². The number of anilines is 1. The number of ether oxygens (including phenoxy) is 2. The molecule has 1 aliphatic heterocycles. The van der Waals surface area contributed by atoms with Crippen molar-refractivity contribution in [2.75, 3.05) is 19.1 Å². The zero-order valence-electron chi connectivity index (χ0n) is 13.0. The van der Waals surface area contributed by atoms with Crippen molar-refractivity contribution in [3.63, 3.8) is 0 Å². The molecule has 0 spiro atoms. The lowest BCUT2D eigenvalue weighted by atomic mass is 10.1. The second-order valence-corrected chi connectivity index (χ2v) is 5.46. The molecule has 22 heavy (non-hydrogen) atoms. The summed E-state index contributed by atoms with van der Waals surface area (Å²) in [6.45, 7) is 2.06. The summed E-state index contributed by atoms with van der Waals surface area (Å²) in [4.78, 5) is 14.8. The standard InChI is InChI=1S/C18H19NO3/c1-12-8-13-6-4-5-7-17(13)19(12)18(20)14-9-15(21-2)11-16(10-14)22-3/h4-7,9-12H,8H2,1-3H3/t12-/m1/s1. The first-order chi connectivity index (χ1) is 10.6. The molecule has 4 heteroatoms. The lowest BCUT2D eigenvalue weighted by Gasteiger charge is -2.23. The maximum Gasteiger partial charge on any atom is 0.258 e. The average molecular weight is 297 g/mol. The molecule has 0 N–H and O–H groups in total. The zero-order chi connectivity index (χ0) is 15.7. The van der Waals surface area contributed by atoms with Crippen LogP contribution >= 0.6 is 0 Å². The van der Waals surface area contributed by atoms with E-state index in [1.165, 1.54) is 5.56 Å². The summed E-state index contributed by atoms with van der Waals surface area (Å²) in [5.74, 6) is 1.19. The maximum atomic E-state index is 13.0. The summed E-state index contributed by atoms with van der Waals surface area (Å²) in [5.41, 5.74) is 2.76. The summed E-state index contributed by atoms with van der Waals surface area (Å²) in [7, 11) is 3.16. The van der Waals surface area contributed by atoms with Crippen LogP contribution in [0.2, 0.25) is 0 Å². The normalized spacial score (nSPS) is 16.3. The first-order valence-electron chi connectivity index (χ1n) is 7.28. The molecule has 0 aliphatic carbocycles. The van der Waals surface area contributed by atoms with Crippen molar-refractivity contribution in [3.05, 3.63) is 53.6 Å². The topological polar surface area (TPSA) is 38.8 Å². The first-order valence-corrected chi connectivity index (χ1v) is 7.28. The Morgan fingerprint density at radius 1 is 1.09 bits per heavy atom. The molecule has 0 fully saturated rings. The van der Waals surface area contributed by atoms with E-state index in [9.17, 15) is 4.79 Å². The van der Waals surface area contributed by atoms with Gasteiger partial charge in [0, 0.05) is 23.4 Å². The van der Waals surface area contributed by atoms with Crippen LogP contribution in [-0.2, 0) is 6.42 Å². The lowest BCUT2D eigenvalue weighted by Crippen LogP contribution is -2.35. The van der Waals surface area contributed by atoms with Crippen LogP contribution < -0.4 is 14.4 Å². The number of amides is 1. The molecule has 2 aromatic rings. The van der Waals surface area contributed by atoms with Crippen molar-refractivity contribution >= 4 is 11.6 Å². The number of carbonyl (C=O) groups is 1. The number of hydrogen-bond donors (Lipinski definition) is 0. The van der Waals surface area contributed by atoms with Crippen LogP contribution in [0.4, 0.5) is 5.69 Å². The summed E-state index contributed by atoms with van der Waals surface area (Å²) < 4.78 is 10.5. The Morgan fingerprint density at radius 3 is 2.36 bits per heavy atom. The number of fused-ring (bicyclic) bond motifs is 1. The van der Waals surface area contributed by atoms with Crippen molar-refractivity contribution in [3.8, 4) is 11.5 Å². The Morgan fingerprint density at radius 2 is 1.73 bits per heavy atom. The van der Waals surface area contributed by atoms with Gasteiger partial charge in [0.1, 0.15) is 11.5 Å². The number of hydrogen-bond acceptors (Lipinski definition) is 3. The maximum absolute atomic E-state index is 13.0. The minimum Gasteiger partial charge on any atom is -0.497 e. The van der Waals surface area contributed by atoms with Gasteiger partial charge < -0.3 is 14.4 Å². The quantitative estimate of drug-likeness (QED) is 0.872. The van der Waals surface area contributed by atoms with Crippen molar-refractivity contribution in [2.45, 2.75) is 19.4 Å². The predicted molar refractivity (Wildman–Crippen MR) is 86.0 cm³/mol. The highest BCUT2D eigenvalue weighted by Gasteiger charge is 2.31. The number of benzene rings is 2. The van der Waals surface area contributed by atoms with E-state index in [1.807, 2.05) is 23.1 Å². The highest BCUT2D eigenvalue weighted by atomic mass is 16.5. The van der Waals surface area contributed by atoms with Crippen molar-refractivity contribution in [2.24, 2.45) is 0 Å². The van der Waals surface area contributed by atoms with Crippen LogP contribution in [0.1, 0.15) is 22.8 Å². The predicted octanol–water partition coefficient (Wildman–Crippen LogP) is 3.30. The monoisotopic (exact) mass is 297 g/mol. The molecule has 3 rings (SSSR count). The first kappa shape index (κ1) is 14.4. The Hall–Kier alpha value is -2.49. The summed E-state index contributed by atoms with van der Waals surface area (Å²) >= 11 is 0. The Balaban J connectivity index is 2.01. The molecule has 1 atom stereocenters. The Labute approximate surface area is 130 Å². The molecule has 1 amide bonds. The van der Waals surface area contributed by atoms with E-state index in [-0.39, 0.29) is 11.9 Å². The van der Waals surface area contributed by atoms with Gasteiger partial charge in [0.25, 0.3) is 5.91 Å². The second-order valence-electron chi connectivity index (χ2n) is 5.46. The summed E-state index contributed by atoms with van der Waals surface area (Å²) in [6.07, 6.45) is 0.878. The Bertz CT molecular complexity index is 689. The number of carbonyl (C=O) groups excluding carboxylic acids is 1. The molecule has 2 aromatic carbocycles. The average Bonchev–Trinajstić information content (AvgIpc) is 2.89. The smallest absolute Gasteiger partial charge is 0.258 e. The van der Waals surface area contributed by atoms with Gasteiger partial charge >= 0.3 is 0 Å². The van der Waals surface area contributed by atoms with E-state index in [2.05, 4.69) is 13.0 Å². The van der Waals surface area contributed by atoms with Gasteiger partial charge in [-0.3, -0.25) is 4.79 Å². The molecule has 0 aromatic heterocycles.